The molecular weight excluding hydrogens is 238 g/mol. The summed E-state index contributed by atoms with van der Waals surface area (Å²) >= 11 is 0. The van der Waals surface area contributed by atoms with Crippen molar-refractivity contribution in [3.8, 4) is 17.1 Å². The number of anilines is 1. The average Bonchev–Trinajstić information content (AvgIpc) is 2.89. The minimum absolute atomic E-state index is 0.547. The average molecular weight is 251 g/mol. The second kappa shape index (κ2) is 4.53. The van der Waals surface area contributed by atoms with Crippen molar-refractivity contribution in [3.05, 3.63) is 55.0 Å². The van der Waals surface area contributed by atoms with Gasteiger partial charge in [-0.05, 0) is 12.1 Å². The highest BCUT2D eigenvalue weighted by molar-refractivity contribution is 5.69. The zero-order valence-electron chi connectivity index (χ0n) is 10.3. The van der Waals surface area contributed by atoms with E-state index in [4.69, 9.17) is 5.73 Å². The molecule has 1 aromatic rings. The van der Waals surface area contributed by atoms with E-state index in [-0.39, 0.29) is 0 Å². The first-order chi connectivity index (χ1) is 9.31. The Balaban J connectivity index is 2.32. The van der Waals surface area contributed by atoms with E-state index in [1.807, 2.05) is 34.9 Å². The number of nitrogen functional groups attached to an aromatic ring is 1. The number of para-hydroxylation sites is 1. The van der Waals surface area contributed by atoms with Gasteiger partial charge in [0, 0.05) is 12.1 Å². The van der Waals surface area contributed by atoms with Gasteiger partial charge in [-0.1, -0.05) is 24.3 Å². The molecule has 0 saturated carbocycles. The Hall–Kier alpha value is -2.69. The van der Waals surface area contributed by atoms with E-state index < -0.39 is 0 Å². The van der Waals surface area contributed by atoms with E-state index in [1.165, 1.54) is 0 Å². The summed E-state index contributed by atoms with van der Waals surface area (Å²) < 4.78 is 1.89. The SMILES string of the molecule is C=CCc1nc2cnnc-2c(N)n1-c1ccccc1. The second-order valence-corrected chi connectivity index (χ2v) is 4.16. The third-order valence-corrected chi connectivity index (χ3v) is 2.91. The minimum Gasteiger partial charge on any atom is -0.383 e. The lowest BCUT2D eigenvalue weighted by Crippen LogP contribution is -2.13. The summed E-state index contributed by atoms with van der Waals surface area (Å²) in [6.45, 7) is 3.76. The van der Waals surface area contributed by atoms with E-state index in [2.05, 4.69) is 21.8 Å². The van der Waals surface area contributed by atoms with Crippen molar-refractivity contribution in [2.75, 3.05) is 5.73 Å². The molecule has 2 heterocycles. The molecule has 0 atom stereocenters. The predicted octanol–water partition coefficient (Wildman–Crippen LogP) is 2.08. The fraction of sp³-hybridized carbons (Fsp3) is 0.0714. The maximum Gasteiger partial charge on any atom is 0.154 e. The molecule has 0 aromatic heterocycles. The van der Waals surface area contributed by atoms with Gasteiger partial charge in [-0.25, -0.2) is 4.98 Å². The summed E-state index contributed by atoms with van der Waals surface area (Å²) in [5.74, 6) is 1.37. The van der Waals surface area contributed by atoms with Crippen molar-refractivity contribution in [1.29, 1.82) is 0 Å². The number of hydrogen-bond donors (Lipinski definition) is 1. The Morgan fingerprint density at radius 2 is 2.05 bits per heavy atom. The van der Waals surface area contributed by atoms with Crippen LogP contribution in [0.4, 0.5) is 5.82 Å². The monoisotopic (exact) mass is 251 g/mol. The minimum atomic E-state index is 0.547. The van der Waals surface area contributed by atoms with Gasteiger partial charge in [0.25, 0.3) is 0 Å². The summed E-state index contributed by atoms with van der Waals surface area (Å²) in [4.78, 5) is 4.55. The molecule has 2 N–H and O–H groups in total. The number of nitrogens with two attached hydrogens (primary N) is 1. The molecule has 3 rings (SSSR count). The highest BCUT2D eigenvalue weighted by Crippen LogP contribution is 2.27. The first kappa shape index (κ1) is 11.4. The van der Waals surface area contributed by atoms with E-state index in [0.29, 0.717) is 23.6 Å². The third-order valence-electron chi connectivity index (χ3n) is 2.91. The van der Waals surface area contributed by atoms with Gasteiger partial charge in [-0.15, -0.1) is 11.7 Å². The van der Waals surface area contributed by atoms with E-state index in [0.717, 1.165) is 11.5 Å². The zero-order valence-corrected chi connectivity index (χ0v) is 10.3. The Labute approximate surface area is 110 Å². The topological polar surface area (TPSA) is 69.6 Å². The fourth-order valence-electron chi connectivity index (χ4n) is 2.08. The lowest BCUT2D eigenvalue weighted by molar-refractivity contribution is 0.879. The van der Waals surface area contributed by atoms with Crippen LogP contribution < -0.4 is 5.73 Å². The smallest absolute Gasteiger partial charge is 0.154 e. The summed E-state index contributed by atoms with van der Waals surface area (Å²) in [5, 5.41) is 7.89. The van der Waals surface area contributed by atoms with Gasteiger partial charge in [0.1, 0.15) is 17.3 Å². The van der Waals surface area contributed by atoms with Gasteiger partial charge >= 0.3 is 0 Å². The molecule has 2 aliphatic rings. The first-order valence-electron chi connectivity index (χ1n) is 5.96. The van der Waals surface area contributed by atoms with Gasteiger partial charge in [-0.3, -0.25) is 4.57 Å². The maximum absolute atomic E-state index is 6.21. The summed E-state index contributed by atoms with van der Waals surface area (Å²) in [6.07, 6.45) is 4.05. The molecule has 0 fully saturated rings. The fourth-order valence-corrected chi connectivity index (χ4v) is 2.08. The molecule has 0 aliphatic carbocycles. The second-order valence-electron chi connectivity index (χ2n) is 4.16. The van der Waals surface area contributed by atoms with Crippen LogP contribution in [-0.4, -0.2) is 19.7 Å². The van der Waals surface area contributed by atoms with Crippen LogP contribution in [0.15, 0.2) is 49.2 Å². The van der Waals surface area contributed by atoms with Crippen LogP contribution in [-0.2, 0) is 6.42 Å². The lowest BCUT2D eigenvalue weighted by Gasteiger charge is -2.17. The summed E-state index contributed by atoms with van der Waals surface area (Å²) in [7, 11) is 0. The van der Waals surface area contributed by atoms with E-state index >= 15 is 0 Å². The normalized spacial score (nSPS) is 10.7. The predicted molar refractivity (Wildman–Crippen MR) is 74.1 cm³/mol. The van der Waals surface area contributed by atoms with Crippen molar-refractivity contribution < 1.29 is 0 Å². The van der Waals surface area contributed by atoms with Crippen LogP contribution in [0.5, 0.6) is 0 Å². The molecule has 19 heavy (non-hydrogen) atoms. The van der Waals surface area contributed by atoms with Crippen LogP contribution in [0.1, 0.15) is 5.82 Å². The molecule has 5 heteroatoms. The Kier molecular flexibility index (Phi) is 2.72. The Bertz CT molecular complexity index is 687. The molecule has 5 nitrogen and oxygen atoms in total. The molecule has 0 amide bonds. The number of benzene rings is 1. The van der Waals surface area contributed by atoms with Gasteiger partial charge in [0.05, 0.1) is 6.20 Å². The molecule has 2 aliphatic heterocycles. The zero-order chi connectivity index (χ0) is 13.2. The highest BCUT2D eigenvalue weighted by Gasteiger charge is 2.18. The molecule has 0 spiro atoms. The number of nitrogens with zero attached hydrogens (tertiary/aromatic N) is 4. The van der Waals surface area contributed by atoms with Crippen LogP contribution in [0, 0.1) is 0 Å². The van der Waals surface area contributed by atoms with Crippen LogP contribution >= 0.6 is 0 Å². The molecular formula is C14H13N5. The maximum atomic E-state index is 6.21. The van der Waals surface area contributed by atoms with Crippen molar-refractivity contribution in [2.24, 2.45) is 0 Å². The molecule has 0 radical (unpaired) electrons. The Morgan fingerprint density at radius 3 is 2.79 bits per heavy atom. The van der Waals surface area contributed by atoms with Crippen LogP contribution in [0.25, 0.3) is 17.1 Å². The summed E-state index contributed by atoms with van der Waals surface area (Å²) in [6, 6.07) is 9.84. The Morgan fingerprint density at radius 1 is 1.26 bits per heavy atom. The quantitative estimate of drug-likeness (QED) is 0.723. The largest absolute Gasteiger partial charge is 0.383 e. The van der Waals surface area contributed by atoms with E-state index in [1.54, 1.807) is 12.3 Å². The van der Waals surface area contributed by atoms with Gasteiger partial charge < -0.3 is 5.73 Å². The van der Waals surface area contributed by atoms with Gasteiger partial charge in [0.15, 0.2) is 5.69 Å². The van der Waals surface area contributed by atoms with Crippen molar-refractivity contribution in [3.63, 3.8) is 0 Å². The summed E-state index contributed by atoms with van der Waals surface area (Å²) in [5.41, 5.74) is 8.50. The number of fused-ring (bicyclic) bond motifs is 1. The first-order valence-corrected chi connectivity index (χ1v) is 5.96. The molecule has 94 valence electrons. The van der Waals surface area contributed by atoms with Crippen molar-refractivity contribution in [1.82, 2.24) is 19.7 Å². The standard InChI is InChI=1S/C14H13N5/c1-2-6-12-17-11-9-16-18-13(11)14(15)19(12)10-7-4-3-5-8-10/h2-5,7-9H,1,6,15H2. The number of rotatable bonds is 3. The van der Waals surface area contributed by atoms with Gasteiger partial charge in [-0.2, -0.15) is 5.10 Å². The molecule has 0 unspecified atom stereocenters. The molecule has 0 saturated heterocycles. The van der Waals surface area contributed by atoms with Crippen molar-refractivity contribution >= 4 is 5.82 Å². The van der Waals surface area contributed by atoms with Gasteiger partial charge in [0.2, 0.25) is 0 Å². The third kappa shape index (κ3) is 1.85. The number of hydrogen-bond acceptors (Lipinski definition) is 4. The molecule has 1 aromatic carbocycles. The lowest BCUT2D eigenvalue weighted by atomic mass is 10.2. The van der Waals surface area contributed by atoms with Crippen LogP contribution in [0.3, 0.4) is 0 Å². The highest BCUT2D eigenvalue weighted by atomic mass is 15.2. The number of allylic oxidation sites excluding steroid dienone is 1. The van der Waals surface area contributed by atoms with Crippen LogP contribution in [0.2, 0.25) is 0 Å². The van der Waals surface area contributed by atoms with E-state index in [9.17, 15) is 0 Å². The van der Waals surface area contributed by atoms with Crippen molar-refractivity contribution in [2.45, 2.75) is 6.42 Å². The molecule has 0 bridgehead atoms. The number of aromatic nitrogens is 4.